The Balaban J connectivity index is 1.93. The molecule has 0 unspecified atom stereocenters. The van der Waals surface area contributed by atoms with E-state index in [9.17, 15) is 0 Å². The molecule has 1 heterocycles. The van der Waals surface area contributed by atoms with Gasteiger partial charge in [0, 0.05) is 5.92 Å². The molecule has 25 heavy (non-hydrogen) atoms. The molecule has 140 valence electrons. The number of hydrogen-bond donors (Lipinski definition) is 0. The van der Waals surface area contributed by atoms with Crippen molar-refractivity contribution in [2.75, 3.05) is 0 Å². The van der Waals surface area contributed by atoms with E-state index in [0.29, 0.717) is 18.4 Å². The molecule has 3 heteroatoms. The molecule has 3 nitrogen and oxygen atoms in total. The van der Waals surface area contributed by atoms with Crippen molar-refractivity contribution in [1.82, 2.24) is 0 Å². The minimum absolute atomic E-state index is 0.000497. The lowest BCUT2D eigenvalue weighted by Crippen LogP contribution is -2.52. The smallest absolute Gasteiger partial charge is 0.163 e. The Labute approximate surface area is 153 Å². The Bertz CT molecular complexity index is 550. The standard InChI is InChI=1S/C22H34O3/c1-15(2)21-17(4)20(24-22(6,7)25-21)13-16(3)18(5)23-14-19-11-9-8-10-12-19/h8-12,15,17-18,20-21H,3,13-14H2,1-2,4-7H3/t17-,18-,20+,21+/m1/s1. The molecule has 0 spiro atoms. The molecule has 0 radical (unpaired) electrons. The van der Waals surface area contributed by atoms with Crippen LogP contribution in [0.15, 0.2) is 42.5 Å². The summed E-state index contributed by atoms with van der Waals surface area (Å²) in [5.41, 5.74) is 2.26. The third-order valence-corrected chi connectivity index (χ3v) is 5.00. The summed E-state index contributed by atoms with van der Waals surface area (Å²) in [4.78, 5) is 0. The molecule has 0 bridgehead atoms. The minimum Gasteiger partial charge on any atom is -0.369 e. The molecule has 0 aromatic heterocycles. The van der Waals surface area contributed by atoms with Gasteiger partial charge in [0.1, 0.15) is 0 Å². The van der Waals surface area contributed by atoms with Crippen molar-refractivity contribution in [3.8, 4) is 0 Å². The highest BCUT2D eigenvalue weighted by Gasteiger charge is 2.42. The number of rotatable bonds is 7. The first-order valence-electron chi connectivity index (χ1n) is 9.38. The highest BCUT2D eigenvalue weighted by molar-refractivity contribution is 5.14. The lowest BCUT2D eigenvalue weighted by Gasteiger charge is -2.47. The third kappa shape index (κ3) is 5.67. The zero-order valence-electron chi connectivity index (χ0n) is 16.6. The van der Waals surface area contributed by atoms with Gasteiger partial charge in [-0.25, -0.2) is 0 Å². The summed E-state index contributed by atoms with van der Waals surface area (Å²) in [6.45, 7) is 17.6. The van der Waals surface area contributed by atoms with Crippen LogP contribution >= 0.6 is 0 Å². The molecule has 0 saturated carbocycles. The lowest BCUT2D eigenvalue weighted by atomic mass is 9.85. The maximum Gasteiger partial charge on any atom is 0.163 e. The van der Waals surface area contributed by atoms with E-state index in [4.69, 9.17) is 14.2 Å². The summed E-state index contributed by atoms with van der Waals surface area (Å²) in [5, 5.41) is 0. The second-order valence-corrected chi connectivity index (χ2v) is 8.04. The average molecular weight is 347 g/mol. The van der Waals surface area contributed by atoms with Crippen LogP contribution in [-0.2, 0) is 20.8 Å². The molecule has 1 aromatic rings. The topological polar surface area (TPSA) is 27.7 Å². The Kier molecular flexibility index (Phi) is 6.84. The fourth-order valence-electron chi connectivity index (χ4n) is 3.45. The van der Waals surface area contributed by atoms with Crippen molar-refractivity contribution >= 4 is 0 Å². The number of hydrogen-bond acceptors (Lipinski definition) is 3. The first-order chi connectivity index (χ1) is 11.7. The zero-order chi connectivity index (χ0) is 18.6. The van der Waals surface area contributed by atoms with Gasteiger partial charge in [0.2, 0.25) is 0 Å². The molecule has 4 atom stereocenters. The van der Waals surface area contributed by atoms with Crippen molar-refractivity contribution in [2.45, 2.75) is 78.7 Å². The Hall–Kier alpha value is -1.16. The van der Waals surface area contributed by atoms with Crippen LogP contribution in [0, 0.1) is 11.8 Å². The highest BCUT2D eigenvalue weighted by atomic mass is 16.7. The van der Waals surface area contributed by atoms with Crippen LogP contribution in [0.2, 0.25) is 0 Å². The minimum atomic E-state index is -0.555. The van der Waals surface area contributed by atoms with Gasteiger partial charge in [-0.15, -0.1) is 0 Å². The molecule has 1 fully saturated rings. The summed E-state index contributed by atoms with van der Waals surface area (Å²) in [5.74, 6) is 0.229. The number of benzene rings is 1. The molecular formula is C22H34O3. The van der Waals surface area contributed by atoms with Gasteiger partial charge in [-0.2, -0.15) is 0 Å². The highest BCUT2D eigenvalue weighted by Crippen LogP contribution is 2.37. The van der Waals surface area contributed by atoms with Gasteiger partial charge >= 0.3 is 0 Å². The predicted octanol–water partition coefficient (Wildman–Crippen LogP) is 5.35. The Morgan fingerprint density at radius 3 is 2.40 bits per heavy atom. The molecular weight excluding hydrogens is 312 g/mol. The molecule has 2 rings (SSSR count). The maximum absolute atomic E-state index is 6.21. The zero-order valence-corrected chi connectivity index (χ0v) is 16.6. The van der Waals surface area contributed by atoms with Gasteiger partial charge in [0.05, 0.1) is 24.9 Å². The maximum atomic E-state index is 6.21. The van der Waals surface area contributed by atoms with Crippen LogP contribution in [0.1, 0.15) is 53.5 Å². The average Bonchev–Trinajstić information content (AvgIpc) is 2.56. The summed E-state index contributed by atoms with van der Waals surface area (Å²) in [7, 11) is 0. The Morgan fingerprint density at radius 2 is 1.80 bits per heavy atom. The van der Waals surface area contributed by atoms with Crippen LogP contribution in [0.25, 0.3) is 0 Å². The quantitative estimate of drug-likeness (QED) is 0.623. The summed E-state index contributed by atoms with van der Waals surface area (Å²) >= 11 is 0. The van der Waals surface area contributed by atoms with Gasteiger partial charge in [0.15, 0.2) is 5.79 Å². The summed E-state index contributed by atoms with van der Waals surface area (Å²) < 4.78 is 18.4. The van der Waals surface area contributed by atoms with Crippen LogP contribution in [0.3, 0.4) is 0 Å². The first-order valence-corrected chi connectivity index (χ1v) is 9.38. The van der Waals surface area contributed by atoms with Crippen molar-refractivity contribution in [3.05, 3.63) is 48.0 Å². The van der Waals surface area contributed by atoms with Crippen LogP contribution in [0.4, 0.5) is 0 Å². The normalized spacial score (nSPS) is 27.2. The van der Waals surface area contributed by atoms with Gasteiger partial charge in [-0.1, -0.05) is 57.7 Å². The lowest BCUT2D eigenvalue weighted by molar-refractivity contribution is -0.325. The van der Waals surface area contributed by atoms with E-state index in [2.05, 4.69) is 46.4 Å². The van der Waals surface area contributed by atoms with E-state index in [0.717, 1.165) is 12.0 Å². The van der Waals surface area contributed by atoms with Crippen molar-refractivity contribution in [3.63, 3.8) is 0 Å². The summed E-state index contributed by atoms with van der Waals surface area (Å²) in [6.07, 6.45) is 1.10. The largest absolute Gasteiger partial charge is 0.369 e. The van der Waals surface area contributed by atoms with E-state index in [1.165, 1.54) is 5.56 Å². The fraction of sp³-hybridized carbons (Fsp3) is 0.636. The van der Waals surface area contributed by atoms with E-state index in [-0.39, 0.29) is 18.3 Å². The van der Waals surface area contributed by atoms with Gasteiger partial charge in [0.25, 0.3) is 0 Å². The van der Waals surface area contributed by atoms with E-state index in [1.807, 2.05) is 32.0 Å². The molecule has 1 aliphatic heterocycles. The third-order valence-electron chi connectivity index (χ3n) is 5.00. The second kappa shape index (κ2) is 8.48. The molecule has 1 aliphatic rings. The Morgan fingerprint density at radius 1 is 1.16 bits per heavy atom. The van der Waals surface area contributed by atoms with E-state index < -0.39 is 5.79 Å². The molecule has 1 aromatic carbocycles. The van der Waals surface area contributed by atoms with Gasteiger partial charge in [-0.05, 0) is 44.2 Å². The monoisotopic (exact) mass is 346 g/mol. The predicted molar refractivity (Wildman–Crippen MR) is 102 cm³/mol. The van der Waals surface area contributed by atoms with Crippen LogP contribution in [0.5, 0.6) is 0 Å². The number of ether oxygens (including phenoxy) is 3. The molecule has 1 saturated heterocycles. The fourth-order valence-corrected chi connectivity index (χ4v) is 3.45. The summed E-state index contributed by atoms with van der Waals surface area (Å²) in [6, 6.07) is 10.2. The molecule has 0 N–H and O–H groups in total. The van der Waals surface area contributed by atoms with Crippen molar-refractivity contribution in [2.24, 2.45) is 11.8 Å². The van der Waals surface area contributed by atoms with E-state index >= 15 is 0 Å². The van der Waals surface area contributed by atoms with E-state index in [1.54, 1.807) is 0 Å². The first kappa shape index (κ1) is 20.2. The van der Waals surface area contributed by atoms with Crippen LogP contribution < -0.4 is 0 Å². The molecule has 0 aliphatic carbocycles. The SMILES string of the molecule is C=C(C[C@@H]1OC(C)(C)O[C@@H](C(C)C)[C@@H]1C)[C@@H](C)OCc1ccccc1. The van der Waals surface area contributed by atoms with Crippen molar-refractivity contribution in [1.29, 1.82) is 0 Å². The second-order valence-electron chi connectivity index (χ2n) is 8.04. The van der Waals surface area contributed by atoms with Gasteiger partial charge in [-0.3, -0.25) is 0 Å². The van der Waals surface area contributed by atoms with Gasteiger partial charge < -0.3 is 14.2 Å². The molecule has 0 amide bonds. The van der Waals surface area contributed by atoms with Crippen LogP contribution in [-0.4, -0.2) is 24.1 Å². The van der Waals surface area contributed by atoms with Crippen molar-refractivity contribution < 1.29 is 14.2 Å².